The molecule has 6 nitrogen and oxygen atoms in total. The maximum atomic E-state index is 12.1. The van der Waals surface area contributed by atoms with E-state index in [9.17, 15) is 9.59 Å². The number of hydrogen-bond donors (Lipinski definition) is 2. The number of hydrogen-bond acceptors (Lipinski definition) is 4. The van der Waals surface area contributed by atoms with Gasteiger partial charge in [0.15, 0.2) is 0 Å². The van der Waals surface area contributed by atoms with Crippen LogP contribution in [-0.4, -0.2) is 42.1 Å². The van der Waals surface area contributed by atoms with Gasteiger partial charge in [0.2, 0.25) is 5.91 Å². The van der Waals surface area contributed by atoms with Gasteiger partial charge in [-0.1, -0.05) is 31.2 Å². The number of benzene rings is 1. The summed E-state index contributed by atoms with van der Waals surface area (Å²) in [5, 5.41) is 5.57. The molecule has 1 saturated heterocycles. The Balaban J connectivity index is 1.76. The second-order valence-corrected chi connectivity index (χ2v) is 8.71. The molecule has 28 heavy (non-hydrogen) atoms. The number of carbonyl (C=O) groups is 2. The van der Waals surface area contributed by atoms with E-state index in [1.54, 1.807) is 20.8 Å². The van der Waals surface area contributed by atoms with Crippen LogP contribution in [0.3, 0.4) is 0 Å². The van der Waals surface area contributed by atoms with E-state index in [1.807, 2.05) is 6.07 Å². The summed E-state index contributed by atoms with van der Waals surface area (Å²) in [6, 6.07) is 8.28. The fourth-order valence-electron chi connectivity index (χ4n) is 3.43. The van der Waals surface area contributed by atoms with E-state index in [-0.39, 0.29) is 18.9 Å². The smallest absolute Gasteiger partial charge is 0.407 e. The molecule has 2 rings (SSSR count). The molecule has 1 heterocycles. The van der Waals surface area contributed by atoms with Crippen LogP contribution < -0.4 is 10.6 Å². The van der Waals surface area contributed by atoms with Gasteiger partial charge in [0.25, 0.3) is 0 Å². The Morgan fingerprint density at radius 3 is 2.57 bits per heavy atom. The summed E-state index contributed by atoms with van der Waals surface area (Å²) in [4.78, 5) is 26.2. The molecule has 1 aliphatic heterocycles. The number of carbonyl (C=O) groups excluding carboxylic acids is 2. The molecule has 0 unspecified atom stereocenters. The molecule has 0 bridgehead atoms. The molecule has 0 saturated carbocycles. The molecule has 1 aromatic rings. The van der Waals surface area contributed by atoms with Crippen molar-refractivity contribution < 1.29 is 14.3 Å². The summed E-state index contributed by atoms with van der Waals surface area (Å²) in [5.41, 5.74) is 1.88. The summed E-state index contributed by atoms with van der Waals surface area (Å²) < 4.78 is 5.16. The number of ether oxygens (including phenoxy) is 1. The summed E-state index contributed by atoms with van der Waals surface area (Å²) in [6.07, 6.45) is 2.29. The SMILES string of the molecule is C[C@@H]1CCCN(Cc2ccccc2CNC(=O)CCNC(=O)OC(C)(C)C)C1. The van der Waals surface area contributed by atoms with Crippen molar-refractivity contribution >= 4 is 12.0 Å². The van der Waals surface area contributed by atoms with Crippen molar-refractivity contribution in [2.45, 2.75) is 65.6 Å². The first-order valence-corrected chi connectivity index (χ1v) is 10.3. The van der Waals surface area contributed by atoms with Crippen LogP contribution in [0.1, 0.15) is 58.1 Å². The first kappa shape index (κ1) is 22.2. The highest BCUT2D eigenvalue weighted by molar-refractivity contribution is 5.77. The third-order valence-electron chi connectivity index (χ3n) is 4.75. The van der Waals surface area contributed by atoms with Gasteiger partial charge in [-0.05, 0) is 57.2 Å². The predicted octanol–water partition coefficient (Wildman–Crippen LogP) is 3.45. The molecule has 0 aromatic heterocycles. The van der Waals surface area contributed by atoms with Crippen molar-refractivity contribution in [3.63, 3.8) is 0 Å². The lowest BCUT2D eigenvalue weighted by Crippen LogP contribution is -2.35. The third kappa shape index (κ3) is 8.30. The largest absolute Gasteiger partial charge is 0.444 e. The van der Waals surface area contributed by atoms with Gasteiger partial charge in [-0.25, -0.2) is 4.79 Å². The third-order valence-corrected chi connectivity index (χ3v) is 4.75. The minimum absolute atomic E-state index is 0.0857. The zero-order valence-corrected chi connectivity index (χ0v) is 17.7. The lowest BCUT2D eigenvalue weighted by Gasteiger charge is -2.31. The highest BCUT2D eigenvalue weighted by atomic mass is 16.6. The lowest BCUT2D eigenvalue weighted by atomic mass is 9.99. The van der Waals surface area contributed by atoms with E-state index in [0.29, 0.717) is 6.54 Å². The average molecular weight is 390 g/mol. The molecular weight excluding hydrogens is 354 g/mol. The van der Waals surface area contributed by atoms with E-state index in [4.69, 9.17) is 4.74 Å². The molecule has 6 heteroatoms. The molecule has 1 aromatic carbocycles. The number of likely N-dealkylation sites (tertiary alicyclic amines) is 1. The molecular formula is C22H35N3O3. The Bertz CT molecular complexity index is 655. The quantitative estimate of drug-likeness (QED) is 0.749. The highest BCUT2D eigenvalue weighted by Gasteiger charge is 2.18. The molecule has 2 amide bonds. The van der Waals surface area contributed by atoms with Crippen LogP contribution in [0.2, 0.25) is 0 Å². The van der Waals surface area contributed by atoms with Gasteiger partial charge in [-0.3, -0.25) is 9.69 Å². The molecule has 1 fully saturated rings. The van der Waals surface area contributed by atoms with Crippen molar-refractivity contribution in [2.75, 3.05) is 19.6 Å². The van der Waals surface area contributed by atoms with Crippen molar-refractivity contribution in [3.05, 3.63) is 35.4 Å². The normalized spacial score (nSPS) is 17.8. The second-order valence-electron chi connectivity index (χ2n) is 8.71. The standard InChI is InChI=1S/C22H35N3O3/c1-17-8-7-13-25(15-17)16-19-10-6-5-9-18(19)14-24-20(26)11-12-23-21(27)28-22(2,3)4/h5-6,9-10,17H,7-8,11-16H2,1-4H3,(H,23,27)(H,24,26)/t17-/m1/s1. The number of alkyl carbamates (subject to hydrolysis) is 1. The highest BCUT2D eigenvalue weighted by Crippen LogP contribution is 2.19. The summed E-state index contributed by atoms with van der Waals surface area (Å²) in [6.45, 7) is 11.7. The van der Waals surface area contributed by atoms with Gasteiger partial charge in [-0.15, -0.1) is 0 Å². The Labute approximate surface area is 169 Å². The Morgan fingerprint density at radius 2 is 1.89 bits per heavy atom. The topological polar surface area (TPSA) is 70.7 Å². The second kappa shape index (κ2) is 10.5. The zero-order valence-electron chi connectivity index (χ0n) is 17.7. The summed E-state index contributed by atoms with van der Waals surface area (Å²) in [7, 11) is 0. The fourth-order valence-corrected chi connectivity index (χ4v) is 3.43. The minimum atomic E-state index is -0.539. The van der Waals surface area contributed by atoms with Crippen molar-refractivity contribution in [1.82, 2.24) is 15.5 Å². The van der Waals surface area contributed by atoms with Crippen molar-refractivity contribution in [1.29, 1.82) is 0 Å². The summed E-state index contributed by atoms with van der Waals surface area (Å²) >= 11 is 0. The molecule has 1 atom stereocenters. The average Bonchev–Trinajstić information content (AvgIpc) is 2.59. The zero-order chi connectivity index (χ0) is 20.6. The maximum Gasteiger partial charge on any atom is 0.407 e. The van der Waals surface area contributed by atoms with Crippen LogP contribution in [0.5, 0.6) is 0 Å². The Hall–Kier alpha value is -2.08. The predicted molar refractivity (Wildman–Crippen MR) is 111 cm³/mol. The molecule has 156 valence electrons. The summed E-state index contributed by atoms with van der Waals surface area (Å²) in [5.74, 6) is 0.663. The van der Waals surface area contributed by atoms with Crippen LogP contribution in [0.15, 0.2) is 24.3 Å². The van der Waals surface area contributed by atoms with Gasteiger partial charge >= 0.3 is 6.09 Å². The van der Waals surface area contributed by atoms with Crippen LogP contribution in [0, 0.1) is 5.92 Å². The monoisotopic (exact) mass is 389 g/mol. The molecule has 2 N–H and O–H groups in total. The minimum Gasteiger partial charge on any atom is -0.444 e. The first-order chi connectivity index (χ1) is 13.2. The van der Waals surface area contributed by atoms with Crippen LogP contribution >= 0.6 is 0 Å². The first-order valence-electron chi connectivity index (χ1n) is 10.3. The number of nitrogens with zero attached hydrogens (tertiary/aromatic N) is 1. The molecule has 0 aliphatic carbocycles. The van der Waals surface area contributed by atoms with Gasteiger partial charge in [0.05, 0.1) is 0 Å². The maximum absolute atomic E-state index is 12.1. The lowest BCUT2D eigenvalue weighted by molar-refractivity contribution is -0.121. The Morgan fingerprint density at radius 1 is 1.18 bits per heavy atom. The molecule has 0 spiro atoms. The van der Waals surface area contributed by atoms with Crippen LogP contribution in [0.25, 0.3) is 0 Å². The number of amides is 2. The number of nitrogens with one attached hydrogen (secondary N) is 2. The van der Waals surface area contributed by atoms with Crippen molar-refractivity contribution in [3.8, 4) is 0 Å². The van der Waals surface area contributed by atoms with Crippen molar-refractivity contribution in [2.24, 2.45) is 5.92 Å². The van der Waals surface area contributed by atoms with E-state index in [1.165, 1.54) is 18.4 Å². The van der Waals surface area contributed by atoms with Crippen LogP contribution in [0.4, 0.5) is 4.79 Å². The number of rotatable bonds is 7. The van der Waals surface area contributed by atoms with Gasteiger partial charge < -0.3 is 15.4 Å². The van der Waals surface area contributed by atoms with Gasteiger partial charge in [0, 0.05) is 32.6 Å². The van der Waals surface area contributed by atoms with E-state index < -0.39 is 11.7 Å². The molecule has 1 aliphatic rings. The van der Waals surface area contributed by atoms with E-state index >= 15 is 0 Å². The van der Waals surface area contributed by atoms with Gasteiger partial charge in [-0.2, -0.15) is 0 Å². The number of piperidine rings is 1. The fraction of sp³-hybridized carbons (Fsp3) is 0.636. The van der Waals surface area contributed by atoms with Gasteiger partial charge in [0.1, 0.15) is 5.60 Å². The Kier molecular flexibility index (Phi) is 8.30. The molecule has 0 radical (unpaired) electrons. The van der Waals surface area contributed by atoms with E-state index in [0.717, 1.165) is 31.1 Å². The van der Waals surface area contributed by atoms with Crippen LogP contribution in [-0.2, 0) is 22.6 Å². The van der Waals surface area contributed by atoms with E-state index in [2.05, 4.69) is 40.7 Å².